The number of nitrogens with zero attached hydrogens (tertiary/aromatic N) is 2. The minimum atomic E-state index is 0.0293. The molecule has 2 fully saturated rings. The molecule has 0 aromatic carbocycles. The van der Waals surface area contributed by atoms with Gasteiger partial charge in [-0.15, -0.1) is 0 Å². The SMILES string of the molecule is CC1(c2nc(CSC3CCCC3)no2)CCCNC1. The van der Waals surface area contributed by atoms with Crippen molar-refractivity contribution in [2.75, 3.05) is 13.1 Å². The maximum atomic E-state index is 5.51. The molecule has 1 atom stereocenters. The summed E-state index contributed by atoms with van der Waals surface area (Å²) >= 11 is 2.00. The van der Waals surface area contributed by atoms with Crippen LogP contribution in [-0.4, -0.2) is 28.5 Å². The summed E-state index contributed by atoms with van der Waals surface area (Å²) in [5, 5.41) is 8.40. The Hall–Kier alpha value is -0.550. The van der Waals surface area contributed by atoms with E-state index in [1.807, 2.05) is 11.8 Å². The van der Waals surface area contributed by atoms with Crippen molar-refractivity contribution in [3.8, 4) is 0 Å². The molecule has 0 bridgehead atoms. The van der Waals surface area contributed by atoms with Gasteiger partial charge in [0.15, 0.2) is 5.82 Å². The highest BCUT2D eigenvalue weighted by Gasteiger charge is 2.34. The van der Waals surface area contributed by atoms with Gasteiger partial charge in [0.05, 0.1) is 11.2 Å². The predicted octanol–water partition coefficient (Wildman–Crippen LogP) is 2.89. The highest BCUT2D eigenvalue weighted by Crippen LogP contribution is 2.32. The Kier molecular flexibility index (Phi) is 4.12. The van der Waals surface area contributed by atoms with Gasteiger partial charge in [0.1, 0.15) is 0 Å². The molecule has 19 heavy (non-hydrogen) atoms. The Morgan fingerprint density at radius 3 is 2.95 bits per heavy atom. The number of nitrogens with one attached hydrogen (secondary N) is 1. The predicted molar refractivity (Wildman–Crippen MR) is 77.3 cm³/mol. The van der Waals surface area contributed by atoms with E-state index in [1.54, 1.807) is 0 Å². The van der Waals surface area contributed by atoms with E-state index in [-0.39, 0.29) is 5.41 Å². The monoisotopic (exact) mass is 281 g/mol. The fraction of sp³-hybridized carbons (Fsp3) is 0.857. The third-order valence-electron chi connectivity index (χ3n) is 4.33. The smallest absolute Gasteiger partial charge is 0.233 e. The lowest BCUT2D eigenvalue weighted by Gasteiger charge is -2.30. The molecule has 1 aromatic heterocycles. The minimum absolute atomic E-state index is 0.0293. The number of aromatic nitrogens is 2. The molecule has 5 heteroatoms. The summed E-state index contributed by atoms with van der Waals surface area (Å²) in [6.07, 6.45) is 7.81. The summed E-state index contributed by atoms with van der Waals surface area (Å²) in [7, 11) is 0. The van der Waals surface area contributed by atoms with Crippen molar-refractivity contribution in [1.29, 1.82) is 0 Å². The van der Waals surface area contributed by atoms with E-state index < -0.39 is 0 Å². The Morgan fingerprint density at radius 1 is 1.37 bits per heavy atom. The summed E-state index contributed by atoms with van der Waals surface area (Å²) in [5.74, 6) is 2.60. The Labute approximate surface area is 119 Å². The van der Waals surface area contributed by atoms with Gasteiger partial charge in [-0.2, -0.15) is 16.7 Å². The van der Waals surface area contributed by atoms with Crippen molar-refractivity contribution in [3.63, 3.8) is 0 Å². The number of hydrogen-bond donors (Lipinski definition) is 1. The van der Waals surface area contributed by atoms with Crippen molar-refractivity contribution < 1.29 is 4.52 Å². The summed E-state index contributed by atoms with van der Waals surface area (Å²) in [4.78, 5) is 4.63. The van der Waals surface area contributed by atoms with Gasteiger partial charge in [-0.25, -0.2) is 0 Å². The second kappa shape index (κ2) is 5.83. The van der Waals surface area contributed by atoms with Crippen LogP contribution in [0.15, 0.2) is 4.52 Å². The van der Waals surface area contributed by atoms with Gasteiger partial charge in [0, 0.05) is 11.8 Å². The van der Waals surface area contributed by atoms with Crippen molar-refractivity contribution >= 4 is 11.8 Å². The van der Waals surface area contributed by atoms with E-state index >= 15 is 0 Å². The number of rotatable bonds is 4. The highest BCUT2D eigenvalue weighted by atomic mass is 32.2. The number of thioether (sulfide) groups is 1. The van der Waals surface area contributed by atoms with E-state index in [9.17, 15) is 0 Å². The van der Waals surface area contributed by atoms with Gasteiger partial charge < -0.3 is 9.84 Å². The summed E-state index contributed by atoms with van der Waals surface area (Å²) in [5.41, 5.74) is 0.0293. The maximum Gasteiger partial charge on any atom is 0.233 e. The van der Waals surface area contributed by atoms with Crippen LogP contribution in [0.25, 0.3) is 0 Å². The van der Waals surface area contributed by atoms with Crippen molar-refractivity contribution in [1.82, 2.24) is 15.5 Å². The van der Waals surface area contributed by atoms with Crippen LogP contribution in [0.5, 0.6) is 0 Å². The molecule has 0 spiro atoms. The molecule has 3 rings (SSSR count). The zero-order valence-corrected chi connectivity index (χ0v) is 12.5. The number of piperidine rings is 1. The summed E-state index contributed by atoms with van der Waals surface area (Å²) in [6, 6.07) is 0. The van der Waals surface area contributed by atoms with Crippen molar-refractivity contribution in [3.05, 3.63) is 11.7 Å². The lowest BCUT2D eigenvalue weighted by atomic mass is 9.83. The first-order valence-corrected chi connectivity index (χ1v) is 8.46. The molecule has 4 nitrogen and oxygen atoms in total. The van der Waals surface area contributed by atoms with Crippen LogP contribution in [-0.2, 0) is 11.2 Å². The molecule has 1 aliphatic heterocycles. The average molecular weight is 281 g/mol. The molecule has 2 aliphatic rings. The second-order valence-electron chi connectivity index (χ2n) is 6.07. The quantitative estimate of drug-likeness (QED) is 0.919. The normalized spacial score (nSPS) is 28.9. The molecule has 1 aliphatic carbocycles. The molecule has 1 N–H and O–H groups in total. The van der Waals surface area contributed by atoms with Crippen LogP contribution in [0.3, 0.4) is 0 Å². The van der Waals surface area contributed by atoms with Gasteiger partial charge in [0.2, 0.25) is 5.89 Å². The molecule has 2 heterocycles. The van der Waals surface area contributed by atoms with Crippen LogP contribution >= 0.6 is 11.8 Å². The van der Waals surface area contributed by atoms with E-state index in [2.05, 4.69) is 22.4 Å². The molecular weight excluding hydrogens is 258 g/mol. The van der Waals surface area contributed by atoms with Gasteiger partial charge in [-0.3, -0.25) is 0 Å². The Bertz CT molecular complexity index is 409. The first-order valence-electron chi connectivity index (χ1n) is 7.42. The molecule has 1 unspecified atom stereocenters. The molecule has 0 amide bonds. The second-order valence-corrected chi connectivity index (χ2v) is 7.36. The summed E-state index contributed by atoms with van der Waals surface area (Å²) < 4.78 is 5.51. The fourth-order valence-electron chi connectivity index (χ4n) is 3.04. The highest BCUT2D eigenvalue weighted by molar-refractivity contribution is 7.99. The largest absolute Gasteiger partial charge is 0.339 e. The van der Waals surface area contributed by atoms with Gasteiger partial charge in [-0.1, -0.05) is 18.0 Å². The molecule has 1 aromatic rings. The Balaban J connectivity index is 1.59. The zero-order valence-electron chi connectivity index (χ0n) is 11.7. The first-order chi connectivity index (χ1) is 9.26. The lowest BCUT2D eigenvalue weighted by molar-refractivity contribution is 0.245. The molecule has 1 saturated heterocycles. The number of hydrogen-bond acceptors (Lipinski definition) is 5. The first kappa shape index (κ1) is 13.4. The third-order valence-corrected chi connectivity index (χ3v) is 5.70. The zero-order chi connectivity index (χ0) is 13.1. The molecule has 1 saturated carbocycles. The van der Waals surface area contributed by atoms with Gasteiger partial charge in [-0.05, 0) is 39.2 Å². The Morgan fingerprint density at radius 2 is 2.21 bits per heavy atom. The van der Waals surface area contributed by atoms with Crippen LogP contribution < -0.4 is 5.32 Å². The van der Waals surface area contributed by atoms with Crippen molar-refractivity contribution in [2.45, 2.75) is 61.9 Å². The van der Waals surface area contributed by atoms with Crippen LogP contribution in [0.1, 0.15) is 57.2 Å². The van der Waals surface area contributed by atoms with Crippen LogP contribution in [0.2, 0.25) is 0 Å². The third kappa shape index (κ3) is 3.14. The van der Waals surface area contributed by atoms with Gasteiger partial charge in [0.25, 0.3) is 0 Å². The van der Waals surface area contributed by atoms with E-state index in [0.29, 0.717) is 0 Å². The maximum absolute atomic E-state index is 5.51. The standard InChI is InChI=1S/C14H23N3OS/c1-14(7-4-8-15-10-14)13-16-12(17-18-13)9-19-11-5-2-3-6-11/h11,15H,2-10H2,1H3. The van der Waals surface area contributed by atoms with E-state index in [4.69, 9.17) is 4.52 Å². The minimum Gasteiger partial charge on any atom is -0.339 e. The van der Waals surface area contributed by atoms with Crippen LogP contribution in [0.4, 0.5) is 0 Å². The van der Waals surface area contributed by atoms with E-state index in [1.165, 1.54) is 32.1 Å². The van der Waals surface area contributed by atoms with Crippen LogP contribution in [0, 0.1) is 0 Å². The van der Waals surface area contributed by atoms with Crippen molar-refractivity contribution in [2.24, 2.45) is 0 Å². The summed E-state index contributed by atoms with van der Waals surface area (Å²) in [6.45, 7) is 4.28. The average Bonchev–Trinajstić information content (AvgIpc) is 3.09. The molecule has 0 radical (unpaired) electrons. The molecular formula is C14H23N3OS. The van der Waals surface area contributed by atoms with E-state index in [0.717, 1.165) is 42.2 Å². The topological polar surface area (TPSA) is 51.0 Å². The fourth-order valence-corrected chi connectivity index (χ4v) is 4.21. The lowest BCUT2D eigenvalue weighted by Crippen LogP contribution is -2.41. The molecule has 106 valence electrons. The van der Waals surface area contributed by atoms with Gasteiger partial charge >= 0.3 is 0 Å².